The van der Waals surface area contributed by atoms with E-state index < -0.39 is 16.4 Å². The fourth-order valence-corrected chi connectivity index (χ4v) is 1.81. The lowest BCUT2D eigenvalue weighted by Gasteiger charge is -2.07. The molecule has 0 atom stereocenters. The van der Waals surface area contributed by atoms with E-state index in [1.807, 2.05) is 6.07 Å². The second kappa shape index (κ2) is 6.12. The van der Waals surface area contributed by atoms with Crippen molar-refractivity contribution in [1.82, 2.24) is 5.32 Å². The monoisotopic (exact) mass is 276 g/mol. The fourth-order valence-electron chi connectivity index (χ4n) is 1.81. The Balaban J connectivity index is 1.97. The van der Waals surface area contributed by atoms with E-state index in [1.54, 1.807) is 18.2 Å². The molecule has 0 unspecified atom stereocenters. The van der Waals surface area contributed by atoms with Crippen molar-refractivity contribution in [3.63, 3.8) is 0 Å². The summed E-state index contributed by atoms with van der Waals surface area (Å²) >= 11 is 0. The number of nitrogens with zero attached hydrogens (tertiary/aromatic N) is 1. The van der Waals surface area contributed by atoms with E-state index in [9.17, 15) is 19.6 Å². The largest absolute Gasteiger partial charge is 0.508 e. The Morgan fingerprint density at radius 3 is 2.60 bits per heavy atom. The van der Waals surface area contributed by atoms with Crippen LogP contribution in [0.4, 0.5) is 10.1 Å². The van der Waals surface area contributed by atoms with Crippen LogP contribution in [-0.2, 0) is 13.1 Å². The summed E-state index contributed by atoms with van der Waals surface area (Å²) in [5.74, 6) is -0.660. The second-order valence-electron chi connectivity index (χ2n) is 4.28. The smallest absolute Gasteiger partial charge is 0.304 e. The van der Waals surface area contributed by atoms with Gasteiger partial charge in [0.1, 0.15) is 5.75 Å². The maximum absolute atomic E-state index is 13.4. The molecule has 2 aromatic rings. The highest BCUT2D eigenvalue weighted by atomic mass is 19.1. The van der Waals surface area contributed by atoms with Crippen LogP contribution in [0.3, 0.4) is 0 Å². The Morgan fingerprint density at radius 2 is 1.95 bits per heavy atom. The number of phenolic OH excluding ortho intramolecular Hbond substituents is 1. The number of nitrogens with one attached hydrogen (secondary N) is 1. The summed E-state index contributed by atoms with van der Waals surface area (Å²) in [6, 6.07) is 10.7. The number of hydrogen-bond donors (Lipinski definition) is 2. The summed E-state index contributed by atoms with van der Waals surface area (Å²) in [5.41, 5.74) is 0.799. The molecule has 0 saturated heterocycles. The van der Waals surface area contributed by atoms with Crippen molar-refractivity contribution in [2.45, 2.75) is 13.1 Å². The predicted molar refractivity (Wildman–Crippen MR) is 71.7 cm³/mol. The van der Waals surface area contributed by atoms with Gasteiger partial charge in [-0.15, -0.1) is 0 Å². The van der Waals surface area contributed by atoms with Gasteiger partial charge in [-0.3, -0.25) is 10.1 Å². The standard InChI is InChI=1S/C14H13FN2O3/c15-12-7-10(5-6-13(12)17(19)20)8-16-9-11-3-1-2-4-14(11)18/h1-7,16,18H,8-9H2. The van der Waals surface area contributed by atoms with E-state index in [0.29, 0.717) is 18.7 Å². The molecule has 2 rings (SSSR count). The molecular formula is C14H13FN2O3. The van der Waals surface area contributed by atoms with Gasteiger partial charge in [0.05, 0.1) is 4.92 Å². The molecule has 5 nitrogen and oxygen atoms in total. The first-order valence-electron chi connectivity index (χ1n) is 5.98. The van der Waals surface area contributed by atoms with Gasteiger partial charge < -0.3 is 10.4 Å². The lowest BCUT2D eigenvalue weighted by molar-refractivity contribution is -0.387. The number of rotatable bonds is 5. The summed E-state index contributed by atoms with van der Waals surface area (Å²) in [6.45, 7) is 0.772. The fraction of sp³-hybridized carbons (Fsp3) is 0.143. The zero-order valence-corrected chi connectivity index (χ0v) is 10.5. The van der Waals surface area contributed by atoms with E-state index in [1.165, 1.54) is 6.07 Å². The number of phenols is 1. The lowest BCUT2D eigenvalue weighted by atomic mass is 10.1. The maximum atomic E-state index is 13.4. The molecule has 0 aliphatic heterocycles. The third kappa shape index (κ3) is 3.30. The third-order valence-corrected chi connectivity index (χ3v) is 2.84. The summed E-state index contributed by atoms with van der Waals surface area (Å²) in [4.78, 5) is 9.74. The lowest BCUT2D eigenvalue weighted by Crippen LogP contribution is -2.13. The molecule has 0 amide bonds. The summed E-state index contributed by atoms with van der Waals surface area (Å²) in [6.07, 6.45) is 0. The average Bonchev–Trinajstić information content (AvgIpc) is 2.40. The van der Waals surface area contributed by atoms with Crippen LogP contribution < -0.4 is 5.32 Å². The first-order chi connectivity index (χ1) is 9.58. The SMILES string of the molecule is O=[N+]([O-])c1ccc(CNCc2ccccc2O)cc1F. The predicted octanol–water partition coefficient (Wildman–Crippen LogP) is 2.73. The highest BCUT2D eigenvalue weighted by molar-refractivity contribution is 5.35. The number of benzene rings is 2. The normalized spacial score (nSPS) is 10.4. The van der Waals surface area contributed by atoms with Gasteiger partial charge in [0.25, 0.3) is 0 Å². The molecule has 20 heavy (non-hydrogen) atoms. The molecule has 0 aliphatic carbocycles. The molecule has 0 heterocycles. The average molecular weight is 276 g/mol. The minimum absolute atomic E-state index is 0.190. The molecule has 104 valence electrons. The number of hydrogen-bond acceptors (Lipinski definition) is 4. The molecule has 2 N–H and O–H groups in total. The molecule has 0 saturated carbocycles. The van der Waals surface area contributed by atoms with Crippen LogP contribution in [0, 0.1) is 15.9 Å². The van der Waals surface area contributed by atoms with Crippen LogP contribution >= 0.6 is 0 Å². The molecule has 6 heteroatoms. The van der Waals surface area contributed by atoms with E-state index in [-0.39, 0.29) is 5.75 Å². The van der Waals surface area contributed by atoms with E-state index in [4.69, 9.17) is 0 Å². The minimum Gasteiger partial charge on any atom is -0.508 e. The van der Waals surface area contributed by atoms with Crippen LogP contribution in [0.1, 0.15) is 11.1 Å². The number of nitro benzene ring substituents is 1. The van der Waals surface area contributed by atoms with E-state index in [2.05, 4.69) is 5.32 Å². The van der Waals surface area contributed by atoms with Crippen molar-refractivity contribution in [2.75, 3.05) is 0 Å². The van der Waals surface area contributed by atoms with E-state index in [0.717, 1.165) is 17.7 Å². The van der Waals surface area contributed by atoms with Gasteiger partial charge in [0.2, 0.25) is 5.82 Å². The molecule has 0 aliphatic rings. The number of nitro groups is 1. The highest BCUT2D eigenvalue weighted by Gasteiger charge is 2.13. The van der Waals surface area contributed by atoms with Gasteiger partial charge in [-0.2, -0.15) is 4.39 Å². The Kier molecular flexibility index (Phi) is 4.27. The minimum atomic E-state index is -0.850. The zero-order valence-electron chi connectivity index (χ0n) is 10.5. The van der Waals surface area contributed by atoms with Crippen molar-refractivity contribution in [2.24, 2.45) is 0 Å². The zero-order chi connectivity index (χ0) is 14.5. The van der Waals surface area contributed by atoms with Crippen LogP contribution in [0.15, 0.2) is 42.5 Å². The van der Waals surface area contributed by atoms with Gasteiger partial charge in [-0.25, -0.2) is 0 Å². The molecule has 0 radical (unpaired) electrons. The molecule has 0 fully saturated rings. The Bertz CT molecular complexity index is 632. The van der Waals surface area contributed by atoms with Crippen LogP contribution in [-0.4, -0.2) is 10.0 Å². The van der Waals surface area contributed by atoms with Crippen molar-refractivity contribution >= 4 is 5.69 Å². The maximum Gasteiger partial charge on any atom is 0.304 e. The number of aromatic hydroxyl groups is 1. The van der Waals surface area contributed by atoms with Crippen molar-refractivity contribution in [3.05, 3.63) is 69.5 Å². The highest BCUT2D eigenvalue weighted by Crippen LogP contribution is 2.18. The van der Waals surface area contributed by atoms with Crippen molar-refractivity contribution in [1.29, 1.82) is 0 Å². The van der Waals surface area contributed by atoms with Gasteiger partial charge in [0.15, 0.2) is 0 Å². The third-order valence-electron chi connectivity index (χ3n) is 2.84. The van der Waals surface area contributed by atoms with Crippen LogP contribution in [0.2, 0.25) is 0 Å². The topological polar surface area (TPSA) is 75.4 Å². The van der Waals surface area contributed by atoms with Gasteiger partial charge in [-0.05, 0) is 17.7 Å². The summed E-state index contributed by atoms with van der Waals surface area (Å²) in [5, 5.41) is 23.1. The number of para-hydroxylation sites is 1. The molecule has 0 aromatic heterocycles. The number of halogens is 1. The summed E-state index contributed by atoms with van der Waals surface area (Å²) < 4.78 is 13.4. The van der Waals surface area contributed by atoms with E-state index >= 15 is 0 Å². The summed E-state index contributed by atoms with van der Waals surface area (Å²) in [7, 11) is 0. The van der Waals surface area contributed by atoms with Gasteiger partial charge in [-0.1, -0.05) is 24.3 Å². The Morgan fingerprint density at radius 1 is 1.20 bits per heavy atom. The first-order valence-corrected chi connectivity index (χ1v) is 5.98. The van der Waals surface area contributed by atoms with Crippen molar-refractivity contribution < 1.29 is 14.4 Å². The molecule has 2 aromatic carbocycles. The van der Waals surface area contributed by atoms with Crippen LogP contribution in [0.25, 0.3) is 0 Å². The van der Waals surface area contributed by atoms with Gasteiger partial charge >= 0.3 is 5.69 Å². The molecule has 0 spiro atoms. The van der Waals surface area contributed by atoms with Crippen LogP contribution in [0.5, 0.6) is 5.75 Å². The van der Waals surface area contributed by atoms with Crippen molar-refractivity contribution in [3.8, 4) is 5.75 Å². The quantitative estimate of drug-likeness (QED) is 0.650. The first kappa shape index (κ1) is 14.0. The second-order valence-corrected chi connectivity index (χ2v) is 4.28. The molecule has 0 bridgehead atoms. The Labute approximate surface area is 114 Å². The molecular weight excluding hydrogens is 263 g/mol. The Hall–Kier alpha value is -2.47. The van der Waals surface area contributed by atoms with Gasteiger partial charge in [0, 0.05) is 24.7 Å².